The van der Waals surface area contributed by atoms with Gasteiger partial charge in [-0.3, -0.25) is 4.79 Å². The number of allylic oxidation sites excluding steroid dienone is 7. The second-order valence-electron chi connectivity index (χ2n) is 16.3. The van der Waals surface area contributed by atoms with Crippen LogP contribution in [0.2, 0.25) is 18.1 Å². The van der Waals surface area contributed by atoms with Crippen molar-refractivity contribution in [3.63, 3.8) is 0 Å². The minimum Gasteiger partial charge on any atom is -0.497 e. The van der Waals surface area contributed by atoms with Gasteiger partial charge in [0.2, 0.25) is 0 Å². The summed E-state index contributed by atoms with van der Waals surface area (Å²) < 4.78 is 37.3. The lowest BCUT2D eigenvalue weighted by Crippen LogP contribution is -2.58. The van der Waals surface area contributed by atoms with Gasteiger partial charge in [0, 0.05) is 16.5 Å². The number of hydrogen-bond acceptors (Lipinski definition) is 11. The zero-order valence-corrected chi connectivity index (χ0v) is 37.6. The largest absolute Gasteiger partial charge is 0.497 e. The molecule has 0 aromatic heterocycles. The van der Waals surface area contributed by atoms with Gasteiger partial charge in [0.1, 0.15) is 30.2 Å². The van der Waals surface area contributed by atoms with Crippen molar-refractivity contribution in [1.29, 1.82) is 0 Å². The Morgan fingerprint density at radius 1 is 0.895 bits per heavy atom. The Balaban J connectivity index is 2.00. The molecule has 2 aliphatic heterocycles. The third-order valence-electron chi connectivity index (χ3n) is 10.9. The van der Waals surface area contributed by atoms with Gasteiger partial charge in [-0.05, 0) is 93.1 Å². The van der Waals surface area contributed by atoms with Crippen molar-refractivity contribution in [2.45, 2.75) is 154 Å². The molecule has 3 N–H and O–H groups in total. The molecule has 318 valence electrons. The maximum atomic E-state index is 13.6. The zero-order chi connectivity index (χ0) is 42.3. The number of carbonyl (C=O) groups excluding carboxylic acids is 2. The summed E-state index contributed by atoms with van der Waals surface area (Å²) in [6.07, 6.45) is 9.53. The van der Waals surface area contributed by atoms with E-state index in [2.05, 4.69) is 49.8 Å². The van der Waals surface area contributed by atoms with Crippen LogP contribution in [0.5, 0.6) is 5.75 Å². The Hall–Kier alpha value is -2.72. The second kappa shape index (κ2) is 23.2. The van der Waals surface area contributed by atoms with Crippen molar-refractivity contribution in [3.05, 3.63) is 89.0 Å². The summed E-state index contributed by atoms with van der Waals surface area (Å²) in [7, 11) is -0.837. The molecule has 1 unspecified atom stereocenters. The number of aliphatic hydroxyl groups excluding tert-OH is 3. The minimum atomic E-state index is -2.45. The Kier molecular flexibility index (Phi) is 19.8. The SMILES string of the molecule is CC[C@H]1CCC[C@H](OCc2ccc(OC)cc2)[C@@H](C)C(=O)/C=C/C=C/CC(O[C@@H]2O[C@@H](C)[C@H](O)[C@@H](O)[C@H]2O)[C@H](O[Si](C)(C)C(C)(C)C)\C=C(Br)/C=C/C=C/C(=O)O1. The molecule has 0 spiro atoms. The highest BCUT2D eigenvalue weighted by Gasteiger charge is 2.45. The smallest absolute Gasteiger partial charge is 0.331 e. The maximum Gasteiger partial charge on any atom is 0.331 e. The highest BCUT2D eigenvalue weighted by molar-refractivity contribution is 9.11. The fraction of sp³-hybridized carbons (Fsp3) is 0.591. The third-order valence-corrected chi connectivity index (χ3v) is 15.9. The molecule has 0 radical (unpaired) electrons. The first-order valence-corrected chi connectivity index (χ1v) is 23.6. The first kappa shape index (κ1) is 48.6. The molecule has 3 rings (SSSR count). The molecule has 1 saturated heterocycles. The summed E-state index contributed by atoms with van der Waals surface area (Å²) in [5, 5.41) is 31.7. The summed E-state index contributed by atoms with van der Waals surface area (Å²) in [6.45, 7) is 16.4. The molecule has 0 aliphatic carbocycles. The second-order valence-corrected chi connectivity index (χ2v) is 22.0. The molecule has 1 aromatic carbocycles. The van der Waals surface area contributed by atoms with E-state index in [-0.39, 0.29) is 23.3 Å². The molecule has 1 aromatic rings. The number of ether oxygens (including phenoxy) is 5. The topological polar surface area (TPSA) is 150 Å². The van der Waals surface area contributed by atoms with Crippen LogP contribution in [-0.2, 0) is 39.6 Å². The lowest BCUT2D eigenvalue weighted by atomic mass is 9.94. The van der Waals surface area contributed by atoms with Gasteiger partial charge >= 0.3 is 5.97 Å². The number of hydrogen-bond donors (Lipinski definition) is 3. The standard InChI is InChI=1S/C44H65BrO11Si/c1-10-33-18-16-21-36(52-28-31-23-25-34(51-7)26-24-31)29(2)35(46)19-12-11-13-20-37(55-43-42(50)41(49)40(48)30(3)53-43)38(56-57(8,9)44(4,5)6)27-32(45)17-14-15-22-39(47)54-33/h11-15,17,19,22-27,29-30,33,36-38,40-43,48-50H,10,16,18,20-21,28H2,1-9H3/b13-11+,17-14+,19-12+,22-15+,32-27+/t29-,30-,33-,36-,37?,38+,40-,41+,42+,43-/m0/s1. The number of benzene rings is 1. The normalized spacial score (nSPS) is 33.7. The van der Waals surface area contributed by atoms with E-state index in [1.54, 1.807) is 44.4 Å². The number of rotatable bonds is 9. The van der Waals surface area contributed by atoms with Gasteiger partial charge in [-0.2, -0.15) is 0 Å². The highest BCUT2D eigenvalue weighted by atomic mass is 79.9. The van der Waals surface area contributed by atoms with Crippen molar-refractivity contribution in [3.8, 4) is 5.75 Å². The van der Waals surface area contributed by atoms with E-state index in [4.69, 9.17) is 28.1 Å². The molecular formula is C44H65BrO11Si. The van der Waals surface area contributed by atoms with Crippen LogP contribution >= 0.6 is 15.9 Å². The molecule has 0 bridgehead atoms. The van der Waals surface area contributed by atoms with Gasteiger partial charge in [0.15, 0.2) is 20.4 Å². The predicted octanol–water partition coefficient (Wildman–Crippen LogP) is 7.79. The summed E-state index contributed by atoms with van der Waals surface area (Å²) in [4.78, 5) is 26.4. The molecule has 0 saturated carbocycles. The Bertz CT molecular complexity index is 1560. The number of esters is 1. The molecule has 57 heavy (non-hydrogen) atoms. The highest BCUT2D eigenvalue weighted by Crippen LogP contribution is 2.39. The van der Waals surface area contributed by atoms with Crippen LogP contribution in [0.15, 0.2) is 83.4 Å². The lowest BCUT2D eigenvalue weighted by Gasteiger charge is -2.43. The van der Waals surface area contributed by atoms with E-state index in [9.17, 15) is 24.9 Å². The maximum absolute atomic E-state index is 13.6. The predicted molar refractivity (Wildman–Crippen MR) is 227 cm³/mol. The van der Waals surface area contributed by atoms with Gasteiger partial charge in [0.25, 0.3) is 0 Å². The van der Waals surface area contributed by atoms with E-state index in [0.29, 0.717) is 36.8 Å². The average molecular weight is 878 g/mol. The number of cyclic esters (lactones) is 1. The molecule has 11 nitrogen and oxygen atoms in total. The lowest BCUT2D eigenvalue weighted by molar-refractivity contribution is -0.307. The number of halogens is 1. The van der Waals surface area contributed by atoms with Crippen molar-refractivity contribution in [2.24, 2.45) is 5.92 Å². The van der Waals surface area contributed by atoms with Gasteiger partial charge in [-0.1, -0.05) is 93.1 Å². The van der Waals surface area contributed by atoms with Gasteiger partial charge in [-0.15, -0.1) is 0 Å². The van der Waals surface area contributed by atoms with Crippen LogP contribution in [0.3, 0.4) is 0 Å². The first-order valence-electron chi connectivity index (χ1n) is 19.9. The Morgan fingerprint density at radius 2 is 1.56 bits per heavy atom. The fourth-order valence-corrected chi connectivity index (χ4v) is 7.74. The molecule has 1 fully saturated rings. The Morgan fingerprint density at radius 3 is 2.21 bits per heavy atom. The summed E-state index contributed by atoms with van der Waals surface area (Å²) in [5.41, 5.74) is 0.953. The minimum absolute atomic E-state index is 0.101. The molecule has 10 atom stereocenters. The van der Waals surface area contributed by atoms with Gasteiger partial charge < -0.3 is 43.4 Å². The van der Waals surface area contributed by atoms with Crippen molar-refractivity contribution < 1.29 is 53.0 Å². The van der Waals surface area contributed by atoms with E-state index >= 15 is 0 Å². The van der Waals surface area contributed by atoms with Crippen molar-refractivity contribution in [1.82, 2.24) is 0 Å². The number of ketones is 1. The molecule has 13 heteroatoms. The number of aliphatic hydroxyl groups is 3. The molecular weight excluding hydrogens is 812 g/mol. The van der Waals surface area contributed by atoms with Crippen LogP contribution in [0, 0.1) is 5.92 Å². The summed E-state index contributed by atoms with van der Waals surface area (Å²) in [6, 6.07) is 7.61. The van der Waals surface area contributed by atoms with E-state index in [1.807, 2.05) is 50.3 Å². The quantitative estimate of drug-likeness (QED) is 0.165. The van der Waals surface area contributed by atoms with E-state index < -0.39 is 69.2 Å². The fourth-order valence-electron chi connectivity index (χ4n) is 6.07. The number of carbonyl (C=O) groups is 2. The van der Waals surface area contributed by atoms with Crippen LogP contribution in [0.1, 0.15) is 79.2 Å². The van der Waals surface area contributed by atoms with Crippen LogP contribution < -0.4 is 4.74 Å². The van der Waals surface area contributed by atoms with Crippen LogP contribution in [0.25, 0.3) is 0 Å². The third kappa shape index (κ3) is 15.4. The molecule has 2 heterocycles. The first-order chi connectivity index (χ1) is 26.9. The summed E-state index contributed by atoms with van der Waals surface area (Å²) in [5.74, 6) is -0.273. The Labute approximate surface area is 349 Å². The summed E-state index contributed by atoms with van der Waals surface area (Å²) >= 11 is 3.64. The van der Waals surface area contributed by atoms with Crippen molar-refractivity contribution >= 4 is 36.0 Å². The van der Waals surface area contributed by atoms with Gasteiger partial charge in [0.05, 0.1) is 38.1 Å². The van der Waals surface area contributed by atoms with Crippen LogP contribution in [-0.4, -0.2) is 97.6 Å². The van der Waals surface area contributed by atoms with Gasteiger partial charge in [-0.25, -0.2) is 4.79 Å². The van der Waals surface area contributed by atoms with Crippen molar-refractivity contribution in [2.75, 3.05) is 7.11 Å². The van der Waals surface area contributed by atoms with E-state index in [0.717, 1.165) is 11.3 Å². The number of methoxy groups -OCH3 is 1. The molecule has 2 aliphatic rings. The monoisotopic (exact) mass is 876 g/mol. The zero-order valence-electron chi connectivity index (χ0n) is 35.0. The molecule has 0 amide bonds. The van der Waals surface area contributed by atoms with Crippen LogP contribution in [0.4, 0.5) is 0 Å². The average Bonchev–Trinajstić information content (AvgIpc) is 3.16. The van der Waals surface area contributed by atoms with E-state index in [1.165, 1.54) is 12.2 Å².